The van der Waals surface area contributed by atoms with Crippen molar-refractivity contribution < 1.29 is 24.6 Å². The molecule has 7 heteroatoms. The predicted octanol–water partition coefficient (Wildman–Crippen LogP) is 9.10. The highest BCUT2D eigenvalue weighted by Gasteiger charge is 2.56. The molecule has 0 aromatic heterocycles. The molecule has 0 unspecified atom stereocenters. The first kappa shape index (κ1) is 39.7. The lowest BCUT2D eigenvalue weighted by atomic mass is 9.52. The van der Waals surface area contributed by atoms with Crippen LogP contribution in [0.25, 0.3) is 0 Å². The molecule has 0 heterocycles. The number of Topliss-reactive ketones (excluding diaryl/α,β-unsaturated/α-hetero) is 1. The summed E-state index contributed by atoms with van der Waals surface area (Å²) in [6.45, 7) is 4.43. The Kier molecular flexibility index (Phi) is 13.7. The molecule has 6 rings (SSSR count). The summed E-state index contributed by atoms with van der Waals surface area (Å²) in [5.74, 6) is 2.26. The van der Waals surface area contributed by atoms with Crippen LogP contribution in [0.15, 0.2) is 72.8 Å². The van der Waals surface area contributed by atoms with Crippen LogP contribution >= 0.6 is 0 Å². The van der Waals surface area contributed by atoms with Crippen molar-refractivity contribution in [1.82, 2.24) is 10.6 Å². The Balaban J connectivity index is 0.874. The van der Waals surface area contributed by atoms with Crippen molar-refractivity contribution in [1.29, 1.82) is 0 Å². The molecule has 0 spiro atoms. The predicted molar refractivity (Wildman–Crippen MR) is 215 cm³/mol. The van der Waals surface area contributed by atoms with Gasteiger partial charge in [0.05, 0.1) is 6.10 Å². The van der Waals surface area contributed by atoms with Gasteiger partial charge in [-0.15, -0.1) is 0 Å². The molecule has 0 saturated heterocycles. The average Bonchev–Trinajstić information content (AvgIpc) is 3.48. The molecule has 2 amide bonds. The summed E-state index contributed by atoms with van der Waals surface area (Å²) in [5.41, 5.74) is 4.82. The van der Waals surface area contributed by atoms with Crippen LogP contribution in [0.4, 0.5) is 0 Å². The second kappa shape index (κ2) is 18.6. The van der Waals surface area contributed by atoms with E-state index in [4.69, 9.17) is 0 Å². The Morgan fingerprint density at radius 2 is 1.48 bits per heavy atom. The van der Waals surface area contributed by atoms with Gasteiger partial charge >= 0.3 is 0 Å². The van der Waals surface area contributed by atoms with Crippen molar-refractivity contribution in [2.75, 3.05) is 6.54 Å². The van der Waals surface area contributed by atoms with Crippen LogP contribution in [0.3, 0.4) is 0 Å². The summed E-state index contributed by atoms with van der Waals surface area (Å²) in [7, 11) is 0. The van der Waals surface area contributed by atoms with Crippen LogP contribution in [-0.4, -0.2) is 46.5 Å². The van der Waals surface area contributed by atoms with Crippen LogP contribution in [0.2, 0.25) is 0 Å². The fraction of sp³-hybridized carbons (Fsp3) is 0.553. The molecule has 0 aliphatic heterocycles. The third-order valence-corrected chi connectivity index (χ3v) is 13.3. The van der Waals surface area contributed by atoms with Gasteiger partial charge in [-0.3, -0.25) is 14.4 Å². The number of carbonyl (C=O) groups is 3. The standard InChI is InChI=1S/C47H62N2O5/c1-32(50)34-18-20-35(21-19-34)45(53)49-42(29-33-15-11-10-12-16-33)46(54)48-28-14-9-7-5-3-4-6-8-13-17-36-30-37-31-38(51)22-23-39(37)40-26-27-47(2)41(44(36)40)24-25-43(47)52/h10-12,15-16,18-23,31,36,40-44,51-52H,3-9,13-14,17,24-30H2,1-2H3,(H,48,54)(H,49,53)/t36-,40-,41+,42+,43+,44-,47+/m1/s1. The summed E-state index contributed by atoms with van der Waals surface area (Å²) < 4.78 is 0. The first-order chi connectivity index (χ1) is 26.1. The Bertz CT molecular complexity index is 1710. The molecular weight excluding hydrogens is 673 g/mol. The number of benzene rings is 3. The second-order valence-corrected chi connectivity index (χ2v) is 16.9. The number of rotatable bonds is 18. The molecule has 2 saturated carbocycles. The number of carbonyl (C=O) groups excluding carboxylic acids is 3. The number of phenols is 1. The van der Waals surface area contributed by atoms with Crippen molar-refractivity contribution >= 4 is 17.6 Å². The van der Waals surface area contributed by atoms with Gasteiger partial charge in [0, 0.05) is 24.1 Å². The molecule has 2 fully saturated rings. The third-order valence-electron chi connectivity index (χ3n) is 13.3. The summed E-state index contributed by atoms with van der Waals surface area (Å²) in [6.07, 6.45) is 17.5. The van der Waals surface area contributed by atoms with E-state index in [-0.39, 0.29) is 29.1 Å². The average molecular weight is 735 g/mol. The number of hydrogen-bond acceptors (Lipinski definition) is 5. The van der Waals surface area contributed by atoms with Gasteiger partial charge in [-0.25, -0.2) is 0 Å². The van der Waals surface area contributed by atoms with Gasteiger partial charge in [-0.05, 0) is 122 Å². The van der Waals surface area contributed by atoms with Gasteiger partial charge < -0.3 is 20.8 Å². The van der Waals surface area contributed by atoms with E-state index in [1.807, 2.05) is 42.5 Å². The molecule has 0 radical (unpaired) electrons. The minimum absolute atomic E-state index is 0.0589. The van der Waals surface area contributed by atoms with Gasteiger partial charge in [-0.2, -0.15) is 0 Å². The van der Waals surface area contributed by atoms with Crippen molar-refractivity contribution in [3.05, 3.63) is 101 Å². The van der Waals surface area contributed by atoms with Crippen molar-refractivity contribution in [3.63, 3.8) is 0 Å². The smallest absolute Gasteiger partial charge is 0.251 e. The zero-order chi connectivity index (χ0) is 38.1. The number of ketones is 1. The number of aliphatic hydroxyl groups excluding tert-OH is 1. The monoisotopic (exact) mass is 734 g/mol. The Hall–Kier alpha value is -3.97. The van der Waals surface area contributed by atoms with E-state index in [9.17, 15) is 24.6 Å². The van der Waals surface area contributed by atoms with Crippen molar-refractivity contribution in [2.24, 2.45) is 23.2 Å². The van der Waals surface area contributed by atoms with E-state index in [1.54, 1.807) is 24.3 Å². The number of hydrogen-bond donors (Lipinski definition) is 4. The first-order valence-corrected chi connectivity index (χ1v) is 20.9. The molecule has 3 aromatic rings. The Morgan fingerprint density at radius 3 is 2.19 bits per heavy atom. The number of aromatic hydroxyl groups is 1. The van der Waals surface area contributed by atoms with Crippen molar-refractivity contribution in [2.45, 2.75) is 135 Å². The van der Waals surface area contributed by atoms with E-state index < -0.39 is 6.04 Å². The van der Waals surface area contributed by atoms with E-state index >= 15 is 0 Å². The molecule has 4 N–H and O–H groups in total. The topological polar surface area (TPSA) is 116 Å². The van der Waals surface area contributed by atoms with Crippen LogP contribution in [-0.2, 0) is 17.6 Å². The molecule has 0 bridgehead atoms. The zero-order valence-electron chi connectivity index (χ0n) is 32.5. The van der Waals surface area contributed by atoms with Gasteiger partial charge in [0.1, 0.15) is 11.8 Å². The number of phenolic OH excluding ortho intramolecular Hbond substituents is 1. The van der Waals surface area contributed by atoms with Crippen LogP contribution < -0.4 is 10.6 Å². The molecule has 3 aromatic carbocycles. The summed E-state index contributed by atoms with van der Waals surface area (Å²) in [6, 6.07) is 21.6. The molecule has 54 heavy (non-hydrogen) atoms. The van der Waals surface area contributed by atoms with Gasteiger partial charge in [0.15, 0.2) is 5.78 Å². The Morgan fingerprint density at radius 1 is 0.815 bits per heavy atom. The van der Waals surface area contributed by atoms with Gasteiger partial charge in [0.25, 0.3) is 5.91 Å². The zero-order valence-corrected chi connectivity index (χ0v) is 32.5. The van der Waals surface area contributed by atoms with Crippen LogP contribution in [0, 0.1) is 23.2 Å². The molecule has 290 valence electrons. The van der Waals surface area contributed by atoms with E-state index in [0.717, 1.165) is 56.9 Å². The fourth-order valence-corrected chi connectivity index (χ4v) is 10.3. The van der Waals surface area contributed by atoms with E-state index in [2.05, 4.69) is 23.6 Å². The number of aliphatic hydroxyl groups is 1. The summed E-state index contributed by atoms with van der Waals surface area (Å²) >= 11 is 0. The van der Waals surface area contributed by atoms with Gasteiger partial charge in [-0.1, -0.05) is 107 Å². The minimum atomic E-state index is -0.699. The molecule has 3 aliphatic carbocycles. The summed E-state index contributed by atoms with van der Waals surface area (Å²) in [5, 5.41) is 27.2. The highest BCUT2D eigenvalue weighted by Crippen LogP contribution is 2.62. The minimum Gasteiger partial charge on any atom is -0.508 e. The lowest BCUT2D eigenvalue weighted by Crippen LogP contribution is -2.48. The highest BCUT2D eigenvalue weighted by molar-refractivity contribution is 5.99. The quantitative estimate of drug-likeness (QED) is 0.0769. The number of nitrogens with one attached hydrogen (secondary N) is 2. The number of unbranched alkanes of at least 4 members (excludes halogenated alkanes) is 8. The second-order valence-electron chi connectivity index (χ2n) is 16.9. The largest absolute Gasteiger partial charge is 0.508 e. The highest BCUT2D eigenvalue weighted by atomic mass is 16.3. The normalized spacial score (nSPS) is 24.8. The molecule has 7 atom stereocenters. The number of fused-ring (bicyclic) bond motifs is 5. The third kappa shape index (κ3) is 9.63. The maximum Gasteiger partial charge on any atom is 0.251 e. The van der Waals surface area contributed by atoms with Crippen molar-refractivity contribution in [3.8, 4) is 5.75 Å². The maximum atomic E-state index is 13.2. The molecular formula is C47H62N2O5. The van der Waals surface area contributed by atoms with E-state index in [1.165, 1.54) is 63.0 Å². The molecule has 7 nitrogen and oxygen atoms in total. The maximum absolute atomic E-state index is 13.2. The van der Waals surface area contributed by atoms with Crippen LogP contribution in [0.5, 0.6) is 5.75 Å². The summed E-state index contributed by atoms with van der Waals surface area (Å²) in [4.78, 5) is 37.9. The SMILES string of the molecule is CC(=O)c1ccc(C(=O)N[C@@H](Cc2ccccc2)C(=O)NCCCCCCCCCCC[C@@H]2Cc3cc(O)ccc3[C@H]3CC[C@]4(C)[C@@H](O)CC[C@H]4[C@H]23)cc1. The first-order valence-electron chi connectivity index (χ1n) is 20.9. The molecule has 3 aliphatic rings. The lowest BCUT2D eigenvalue weighted by molar-refractivity contribution is -0.122. The van der Waals surface area contributed by atoms with Crippen LogP contribution in [0.1, 0.15) is 147 Å². The van der Waals surface area contributed by atoms with Gasteiger partial charge in [0.2, 0.25) is 5.91 Å². The Labute approximate surface area is 322 Å². The lowest BCUT2D eigenvalue weighted by Gasteiger charge is -2.53. The number of amides is 2. The van der Waals surface area contributed by atoms with E-state index in [0.29, 0.717) is 53.5 Å². The fourth-order valence-electron chi connectivity index (χ4n) is 10.3.